The molecule has 0 aromatic heterocycles. The number of carboxylic acid groups (broad SMARTS) is 1. The van der Waals surface area contributed by atoms with Crippen LogP contribution in [-0.4, -0.2) is 41.9 Å². The van der Waals surface area contributed by atoms with E-state index in [-0.39, 0.29) is 23.8 Å². The maximum Gasteiger partial charge on any atom is 0.335 e. The van der Waals surface area contributed by atoms with Gasteiger partial charge in [-0.05, 0) is 30.7 Å². The van der Waals surface area contributed by atoms with Crippen molar-refractivity contribution in [2.75, 3.05) is 19.4 Å². The van der Waals surface area contributed by atoms with E-state index < -0.39 is 5.97 Å². The van der Waals surface area contributed by atoms with E-state index in [9.17, 15) is 14.4 Å². The average Bonchev–Trinajstić information content (AvgIpc) is 2.39. The summed E-state index contributed by atoms with van der Waals surface area (Å²) >= 11 is 0. The molecule has 0 radical (unpaired) electrons. The highest BCUT2D eigenvalue weighted by Gasteiger charge is 2.07. The van der Waals surface area contributed by atoms with Crippen molar-refractivity contribution in [1.82, 2.24) is 4.90 Å². The van der Waals surface area contributed by atoms with Gasteiger partial charge < -0.3 is 15.3 Å². The van der Waals surface area contributed by atoms with Crippen LogP contribution in [0.15, 0.2) is 24.3 Å². The van der Waals surface area contributed by atoms with Gasteiger partial charge in [-0.25, -0.2) is 4.79 Å². The maximum atomic E-state index is 11.6. The molecule has 0 heterocycles. The molecule has 0 unspecified atom stereocenters. The van der Waals surface area contributed by atoms with Gasteiger partial charge in [0.15, 0.2) is 0 Å². The van der Waals surface area contributed by atoms with Gasteiger partial charge in [-0.1, -0.05) is 0 Å². The fourth-order valence-corrected chi connectivity index (χ4v) is 1.54. The Hall–Kier alpha value is -2.37. The van der Waals surface area contributed by atoms with E-state index in [0.29, 0.717) is 18.5 Å². The van der Waals surface area contributed by atoms with E-state index in [1.165, 1.54) is 29.2 Å². The molecule has 6 heteroatoms. The molecule has 0 aliphatic rings. The Bertz CT molecular complexity index is 494. The highest BCUT2D eigenvalue weighted by molar-refractivity contribution is 5.92. The summed E-state index contributed by atoms with van der Waals surface area (Å²) in [5.41, 5.74) is 0.707. The number of benzene rings is 1. The molecule has 0 saturated heterocycles. The summed E-state index contributed by atoms with van der Waals surface area (Å²) in [7, 11) is 3.35. The zero-order chi connectivity index (χ0) is 15.1. The van der Waals surface area contributed by atoms with Crippen LogP contribution < -0.4 is 5.32 Å². The van der Waals surface area contributed by atoms with E-state index in [2.05, 4.69) is 5.32 Å². The van der Waals surface area contributed by atoms with Crippen molar-refractivity contribution >= 4 is 23.5 Å². The second-order valence-corrected chi connectivity index (χ2v) is 4.57. The number of amides is 2. The van der Waals surface area contributed by atoms with E-state index in [1.807, 2.05) is 0 Å². The molecule has 1 rings (SSSR count). The number of carboxylic acids is 1. The Balaban J connectivity index is 2.39. The lowest BCUT2D eigenvalue weighted by Crippen LogP contribution is -2.21. The third-order valence-corrected chi connectivity index (χ3v) is 2.71. The Morgan fingerprint density at radius 3 is 2.20 bits per heavy atom. The van der Waals surface area contributed by atoms with Crippen molar-refractivity contribution in [2.24, 2.45) is 0 Å². The van der Waals surface area contributed by atoms with Crippen molar-refractivity contribution < 1.29 is 19.5 Å². The number of anilines is 1. The fraction of sp³-hybridized carbons (Fsp3) is 0.357. The van der Waals surface area contributed by atoms with Gasteiger partial charge in [0.2, 0.25) is 11.8 Å². The Labute approximate surface area is 117 Å². The average molecular weight is 278 g/mol. The first-order valence-electron chi connectivity index (χ1n) is 6.23. The molecule has 0 saturated carbocycles. The van der Waals surface area contributed by atoms with Gasteiger partial charge in [-0.2, -0.15) is 0 Å². The minimum absolute atomic E-state index is 0.0105. The van der Waals surface area contributed by atoms with Crippen molar-refractivity contribution in [2.45, 2.75) is 19.3 Å². The van der Waals surface area contributed by atoms with Crippen LogP contribution in [0, 0.1) is 0 Å². The van der Waals surface area contributed by atoms with E-state index in [4.69, 9.17) is 5.11 Å². The van der Waals surface area contributed by atoms with Crippen LogP contribution in [-0.2, 0) is 9.59 Å². The van der Waals surface area contributed by atoms with Gasteiger partial charge in [-0.3, -0.25) is 9.59 Å². The van der Waals surface area contributed by atoms with Gasteiger partial charge in [0.25, 0.3) is 0 Å². The van der Waals surface area contributed by atoms with Crippen LogP contribution in [0.4, 0.5) is 5.69 Å². The molecule has 20 heavy (non-hydrogen) atoms. The molecule has 0 aliphatic carbocycles. The predicted octanol–water partition coefficient (Wildman–Crippen LogP) is 1.58. The molecule has 0 spiro atoms. The largest absolute Gasteiger partial charge is 0.478 e. The minimum atomic E-state index is -1.01. The summed E-state index contributed by atoms with van der Waals surface area (Å²) < 4.78 is 0. The first-order valence-corrected chi connectivity index (χ1v) is 6.23. The smallest absolute Gasteiger partial charge is 0.335 e. The maximum absolute atomic E-state index is 11.6. The Kier molecular flexibility index (Phi) is 5.71. The topological polar surface area (TPSA) is 86.7 Å². The monoisotopic (exact) mass is 278 g/mol. The van der Waals surface area contributed by atoms with Crippen molar-refractivity contribution in [1.29, 1.82) is 0 Å². The number of carbonyl (C=O) groups is 3. The zero-order valence-electron chi connectivity index (χ0n) is 11.5. The molecule has 0 fully saturated rings. The number of hydrogen-bond donors (Lipinski definition) is 2. The highest BCUT2D eigenvalue weighted by Crippen LogP contribution is 2.10. The van der Waals surface area contributed by atoms with Crippen molar-refractivity contribution in [3.05, 3.63) is 29.8 Å². The normalized spacial score (nSPS) is 9.90. The molecule has 0 atom stereocenters. The molecule has 0 bridgehead atoms. The SMILES string of the molecule is CN(C)C(=O)CCCC(=O)Nc1ccc(C(=O)O)cc1. The number of hydrogen-bond acceptors (Lipinski definition) is 3. The third-order valence-electron chi connectivity index (χ3n) is 2.71. The highest BCUT2D eigenvalue weighted by atomic mass is 16.4. The van der Waals surface area contributed by atoms with E-state index in [1.54, 1.807) is 14.1 Å². The van der Waals surface area contributed by atoms with Crippen LogP contribution in [0.1, 0.15) is 29.6 Å². The van der Waals surface area contributed by atoms with Gasteiger partial charge in [0, 0.05) is 32.6 Å². The van der Waals surface area contributed by atoms with Crippen LogP contribution in [0.3, 0.4) is 0 Å². The zero-order valence-corrected chi connectivity index (χ0v) is 11.5. The Morgan fingerprint density at radius 1 is 1.10 bits per heavy atom. The minimum Gasteiger partial charge on any atom is -0.478 e. The lowest BCUT2D eigenvalue weighted by Gasteiger charge is -2.09. The summed E-state index contributed by atoms with van der Waals surface area (Å²) in [6, 6.07) is 5.92. The molecule has 6 nitrogen and oxygen atoms in total. The van der Waals surface area contributed by atoms with E-state index in [0.717, 1.165) is 0 Å². The third kappa shape index (κ3) is 5.09. The van der Waals surface area contributed by atoms with Crippen LogP contribution in [0.25, 0.3) is 0 Å². The number of carbonyl (C=O) groups excluding carboxylic acids is 2. The lowest BCUT2D eigenvalue weighted by atomic mass is 10.2. The number of nitrogens with zero attached hydrogens (tertiary/aromatic N) is 1. The second-order valence-electron chi connectivity index (χ2n) is 4.57. The number of rotatable bonds is 6. The molecular formula is C14H18N2O4. The second kappa shape index (κ2) is 7.28. The molecule has 108 valence electrons. The summed E-state index contributed by atoms with van der Waals surface area (Å²) in [4.78, 5) is 35.1. The number of aromatic carboxylic acids is 1. The van der Waals surface area contributed by atoms with Crippen molar-refractivity contribution in [3.63, 3.8) is 0 Å². The first kappa shape index (κ1) is 15.7. The summed E-state index contributed by atoms with van der Waals surface area (Å²) in [5.74, 6) is -1.21. The van der Waals surface area contributed by atoms with Gasteiger partial charge in [0.05, 0.1) is 5.56 Å². The van der Waals surface area contributed by atoms with Crippen LogP contribution in [0.2, 0.25) is 0 Å². The molecule has 0 aliphatic heterocycles. The van der Waals surface area contributed by atoms with E-state index >= 15 is 0 Å². The predicted molar refractivity (Wildman–Crippen MR) is 74.6 cm³/mol. The standard InChI is InChI=1S/C14H18N2O4/c1-16(2)13(18)5-3-4-12(17)15-11-8-6-10(7-9-11)14(19)20/h6-9H,3-5H2,1-2H3,(H,15,17)(H,19,20). The lowest BCUT2D eigenvalue weighted by molar-refractivity contribution is -0.128. The van der Waals surface area contributed by atoms with Gasteiger partial charge >= 0.3 is 5.97 Å². The summed E-state index contributed by atoms with van der Waals surface area (Å²) in [6.07, 6.45) is 1.06. The molecular weight excluding hydrogens is 260 g/mol. The van der Waals surface area contributed by atoms with Gasteiger partial charge in [-0.15, -0.1) is 0 Å². The summed E-state index contributed by atoms with van der Waals surface area (Å²) in [6.45, 7) is 0. The van der Waals surface area contributed by atoms with Crippen molar-refractivity contribution in [3.8, 4) is 0 Å². The fourth-order valence-electron chi connectivity index (χ4n) is 1.54. The Morgan fingerprint density at radius 2 is 1.70 bits per heavy atom. The molecule has 2 N–H and O–H groups in total. The first-order chi connectivity index (χ1) is 9.40. The molecule has 1 aromatic rings. The number of nitrogens with one attached hydrogen (secondary N) is 1. The molecule has 1 aromatic carbocycles. The quantitative estimate of drug-likeness (QED) is 0.827. The summed E-state index contributed by atoms with van der Waals surface area (Å²) in [5, 5.41) is 11.4. The van der Waals surface area contributed by atoms with Crippen LogP contribution >= 0.6 is 0 Å². The van der Waals surface area contributed by atoms with Crippen LogP contribution in [0.5, 0.6) is 0 Å². The molecule has 2 amide bonds. The van der Waals surface area contributed by atoms with Gasteiger partial charge in [0.1, 0.15) is 0 Å².